The minimum absolute atomic E-state index is 0.578. The summed E-state index contributed by atoms with van der Waals surface area (Å²) in [7, 11) is 4.02. The van der Waals surface area contributed by atoms with E-state index < -0.39 is 0 Å². The lowest BCUT2D eigenvalue weighted by Gasteiger charge is -2.05. The second-order valence-corrected chi connectivity index (χ2v) is 4.77. The standard InChI is InChI=1S/C11H16N2OS/c1-13(2)11-12-10(8-15-11)4-3-9-5-6-14-7-9/h3-4,8-9H,5-7H2,1-2H3/b4-3+/t9-/m0/s1. The van der Waals surface area contributed by atoms with Crippen molar-refractivity contribution in [1.29, 1.82) is 0 Å². The van der Waals surface area contributed by atoms with Crippen molar-refractivity contribution in [1.82, 2.24) is 4.98 Å². The highest BCUT2D eigenvalue weighted by atomic mass is 32.1. The molecule has 15 heavy (non-hydrogen) atoms. The van der Waals surface area contributed by atoms with Crippen molar-refractivity contribution < 1.29 is 4.74 Å². The monoisotopic (exact) mass is 224 g/mol. The van der Waals surface area contributed by atoms with E-state index in [1.165, 1.54) is 0 Å². The first kappa shape index (κ1) is 10.6. The number of rotatable bonds is 3. The Hall–Kier alpha value is -0.870. The Morgan fingerprint density at radius 1 is 1.60 bits per heavy atom. The van der Waals surface area contributed by atoms with Gasteiger partial charge in [0.25, 0.3) is 0 Å². The van der Waals surface area contributed by atoms with Crippen LogP contribution in [0.1, 0.15) is 12.1 Å². The number of anilines is 1. The summed E-state index contributed by atoms with van der Waals surface area (Å²) in [5.74, 6) is 0.578. The molecule has 0 saturated carbocycles. The van der Waals surface area contributed by atoms with Crippen LogP contribution in [-0.4, -0.2) is 32.3 Å². The lowest BCUT2D eigenvalue weighted by atomic mass is 10.1. The van der Waals surface area contributed by atoms with E-state index in [0.29, 0.717) is 5.92 Å². The van der Waals surface area contributed by atoms with E-state index in [1.54, 1.807) is 11.3 Å². The molecule has 1 atom stereocenters. The average molecular weight is 224 g/mol. The molecule has 0 radical (unpaired) electrons. The number of hydrogen-bond acceptors (Lipinski definition) is 4. The lowest BCUT2D eigenvalue weighted by Crippen LogP contribution is -2.07. The molecule has 1 saturated heterocycles. The summed E-state index contributed by atoms with van der Waals surface area (Å²) >= 11 is 1.67. The fraction of sp³-hybridized carbons (Fsp3) is 0.545. The number of nitrogens with zero attached hydrogens (tertiary/aromatic N) is 2. The van der Waals surface area contributed by atoms with Crippen LogP contribution in [0.5, 0.6) is 0 Å². The van der Waals surface area contributed by atoms with E-state index in [0.717, 1.165) is 30.5 Å². The molecule has 0 unspecified atom stereocenters. The van der Waals surface area contributed by atoms with Gasteiger partial charge in [-0.25, -0.2) is 4.98 Å². The Balaban J connectivity index is 1.97. The highest BCUT2D eigenvalue weighted by Crippen LogP contribution is 2.20. The van der Waals surface area contributed by atoms with Crippen LogP contribution in [0.2, 0.25) is 0 Å². The summed E-state index contributed by atoms with van der Waals surface area (Å²) in [6.45, 7) is 1.76. The van der Waals surface area contributed by atoms with Crippen LogP contribution in [0, 0.1) is 5.92 Å². The highest BCUT2D eigenvalue weighted by molar-refractivity contribution is 7.13. The first-order chi connectivity index (χ1) is 7.25. The number of aromatic nitrogens is 1. The molecule has 0 bridgehead atoms. The molecule has 2 heterocycles. The van der Waals surface area contributed by atoms with E-state index in [9.17, 15) is 0 Å². The van der Waals surface area contributed by atoms with Gasteiger partial charge in [-0.2, -0.15) is 0 Å². The maximum Gasteiger partial charge on any atom is 0.185 e. The van der Waals surface area contributed by atoms with E-state index in [2.05, 4.69) is 22.5 Å². The van der Waals surface area contributed by atoms with Crippen LogP contribution in [0.25, 0.3) is 6.08 Å². The summed E-state index contributed by atoms with van der Waals surface area (Å²) in [5, 5.41) is 3.14. The lowest BCUT2D eigenvalue weighted by molar-refractivity contribution is 0.191. The van der Waals surface area contributed by atoms with Crippen molar-refractivity contribution in [2.24, 2.45) is 5.92 Å². The van der Waals surface area contributed by atoms with Crippen LogP contribution in [0.3, 0.4) is 0 Å². The molecule has 0 amide bonds. The van der Waals surface area contributed by atoms with Crippen molar-refractivity contribution in [3.8, 4) is 0 Å². The van der Waals surface area contributed by atoms with Gasteiger partial charge in [0, 0.05) is 32.0 Å². The second kappa shape index (κ2) is 4.77. The van der Waals surface area contributed by atoms with Crippen LogP contribution < -0.4 is 4.90 Å². The SMILES string of the molecule is CN(C)c1nc(/C=C/[C@H]2CCOC2)cs1. The van der Waals surface area contributed by atoms with Crippen LogP contribution in [-0.2, 0) is 4.74 Å². The van der Waals surface area contributed by atoms with Gasteiger partial charge in [0.15, 0.2) is 5.13 Å². The van der Waals surface area contributed by atoms with Gasteiger partial charge < -0.3 is 9.64 Å². The molecular weight excluding hydrogens is 208 g/mol. The summed E-state index contributed by atoms with van der Waals surface area (Å²) in [6.07, 6.45) is 5.45. The molecule has 0 N–H and O–H groups in total. The molecular formula is C11H16N2OS. The molecule has 1 fully saturated rings. The Morgan fingerprint density at radius 2 is 2.47 bits per heavy atom. The molecule has 4 heteroatoms. The third-order valence-electron chi connectivity index (χ3n) is 2.40. The maximum absolute atomic E-state index is 5.31. The third kappa shape index (κ3) is 2.79. The van der Waals surface area contributed by atoms with Crippen LogP contribution in [0.15, 0.2) is 11.5 Å². The van der Waals surface area contributed by atoms with Crippen molar-refractivity contribution >= 4 is 22.5 Å². The summed E-state index contributed by atoms with van der Waals surface area (Å²) < 4.78 is 5.31. The van der Waals surface area contributed by atoms with Gasteiger partial charge in [-0.15, -0.1) is 11.3 Å². The first-order valence-corrected chi connectivity index (χ1v) is 6.02. The van der Waals surface area contributed by atoms with Crippen molar-refractivity contribution in [2.75, 3.05) is 32.2 Å². The maximum atomic E-state index is 5.31. The minimum atomic E-state index is 0.578. The molecule has 0 aliphatic carbocycles. The van der Waals surface area contributed by atoms with Crippen LogP contribution in [0.4, 0.5) is 5.13 Å². The predicted octanol–water partition coefficient (Wildman–Crippen LogP) is 2.26. The van der Waals surface area contributed by atoms with Gasteiger partial charge in [0.1, 0.15) is 0 Å². The Kier molecular flexibility index (Phi) is 3.38. The minimum Gasteiger partial charge on any atom is -0.381 e. The molecule has 2 rings (SSSR count). The van der Waals surface area contributed by atoms with Gasteiger partial charge >= 0.3 is 0 Å². The molecule has 0 aromatic carbocycles. The Bertz CT molecular complexity index is 340. The summed E-state index contributed by atoms with van der Waals surface area (Å²) in [5.41, 5.74) is 1.05. The third-order valence-corrected chi connectivity index (χ3v) is 3.42. The topological polar surface area (TPSA) is 25.4 Å². The summed E-state index contributed by atoms with van der Waals surface area (Å²) in [6, 6.07) is 0. The molecule has 1 aromatic heterocycles. The van der Waals surface area contributed by atoms with Gasteiger partial charge in [-0.1, -0.05) is 6.08 Å². The fourth-order valence-corrected chi connectivity index (χ4v) is 2.22. The molecule has 3 nitrogen and oxygen atoms in total. The average Bonchev–Trinajstić information content (AvgIpc) is 2.86. The van der Waals surface area contributed by atoms with E-state index >= 15 is 0 Å². The number of ether oxygens (including phenoxy) is 1. The second-order valence-electron chi connectivity index (χ2n) is 3.93. The zero-order chi connectivity index (χ0) is 10.7. The highest BCUT2D eigenvalue weighted by Gasteiger charge is 2.11. The molecule has 0 spiro atoms. The predicted molar refractivity (Wildman–Crippen MR) is 64.4 cm³/mol. The molecule has 82 valence electrons. The number of hydrogen-bond donors (Lipinski definition) is 0. The molecule has 1 aromatic rings. The molecule has 1 aliphatic rings. The number of thiazole rings is 1. The van der Waals surface area contributed by atoms with E-state index in [4.69, 9.17) is 4.74 Å². The Morgan fingerprint density at radius 3 is 3.07 bits per heavy atom. The van der Waals surface area contributed by atoms with Crippen molar-refractivity contribution in [3.63, 3.8) is 0 Å². The van der Waals surface area contributed by atoms with Gasteiger partial charge in [-0.05, 0) is 12.5 Å². The zero-order valence-electron chi connectivity index (χ0n) is 9.14. The smallest absolute Gasteiger partial charge is 0.185 e. The largest absolute Gasteiger partial charge is 0.381 e. The van der Waals surface area contributed by atoms with Crippen molar-refractivity contribution in [2.45, 2.75) is 6.42 Å². The first-order valence-electron chi connectivity index (χ1n) is 5.14. The zero-order valence-corrected chi connectivity index (χ0v) is 9.96. The molecule has 1 aliphatic heterocycles. The fourth-order valence-electron chi connectivity index (χ4n) is 1.50. The van der Waals surface area contributed by atoms with E-state index in [1.807, 2.05) is 19.0 Å². The van der Waals surface area contributed by atoms with E-state index in [-0.39, 0.29) is 0 Å². The van der Waals surface area contributed by atoms with Gasteiger partial charge in [0.2, 0.25) is 0 Å². The normalized spacial score (nSPS) is 21.3. The summed E-state index contributed by atoms with van der Waals surface area (Å²) in [4.78, 5) is 6.52. The van der Waals surface area contributed by atoms with Gasteiger partial charge in [-0.3, -0.25) is 0 Å². The van der Waals surface area contributed by atoms with Crippen molar-refractivity contribution in [3.05, 3.63) is 17.2 Å². The Labute approximate surface area is 94.4 Å². The van der Waals surface area contributed by atoms with Crippen LogP contribution >= 0.6 is 11.3 Å². The quantitative estimate of drug-likeness (QED) is 0.787. The van der Waals surface area contributed by atoms with Gasteiger partial charge in [0.05, 0.1) is 12.3 Å².